The number of methoxy groups -OCH3 is 1. The van der Waals surface area contributed by atoms with E-state index in [4.69, 9.17) is 9.47 Å². The van der Waals surface area contributed by atoms with Crippen LogP contribution in [0.1, 0.15) is 40.6 Å². The molecule has 0 aliphatic carbocycles. The van der Waals surface area contributed by atoms with Crippen molar-refractivity contribution in [3.63, 3.8) is 0 Å². The van der Waals surface area contributed by atoms with Crippen LogP contribution in [0.5, 0.6) is 5.75 Å². The smallest absolute Gasteiger partial charge is 0.310 e. The van der Waals surface area contributed by atoms with Crippen molar-refractivity contribution < 1.29 is 23.9 Å². The monoisotopic (exact) mass is 417 g/mol. The zero-order valence-corrected chi connectivity index (χ0v) is 17.2. The van der Waals surface area contributed by atoms with Gasteiger partial charge in [0.15, 0.2) is 5.13 Å². The molecule has 1 aliphatic rings. The summed E-state index contributed by atoms with van der Waals surface area (Å²) in [5, 5.41) is 4.65. The van der Waals surface area contributed by atoms with E-state index in [0.29, 0.717) is 42.6 Å². The van der Waals surface area contributed by atoms with Gasteiger partial charge in [0.2, 0.25) is 0 Å². The van der Waals surface area contributed by atoms with Crippen LogP contribution in [0.2, 0.25) is 0 Å². The lowest BCUT2D eigenvalue weighted by atomic mass is 9.98. The number of aromatic nitrogens is 1. The minimum Gasteiger partial charge on any atom is -0.497 e. The van der Waals surface area contributed by atoms with E-state index < -0.39 is 0 Å². The van der Waals surface area contributed by atoms with E-state index in [9.17, 15) is 14.4 Å². The molecule has 2 aromatic rings. The van der Waals surface area contributed by atoms with Gasteiger partial charge in [0, 0.05) is 24.0 Å². The quantitative estimate of drug-likeness (QED) is 0.726. The Kier molecular flexibility index (Phi) is 6.82. The first-order valence-corrected chi connectivity index (χ1v) is 10.3. The maximum absolute atomic E-state index is 12.8. The van der Waals surface area contributed by atoms with E-state index in [-0.39, 0.29) is 29.4 Å². The van der Waals surface area contributed by atoms with Crippen LogP contribution < -0.4 is 10.1 Å². The number of nitrogens with one attached hydrogen (secondary N) is 1. The SMILES string of the molecule is CCOC(=O)C1CCCN(C(=O)c2csc(NC(=O)c3ccc(OC)cc3)n2)C1. The summed E-state index contributed by atoms with van der Waals surface area (Å²) < 4.78 is 10.2. The van der Waals surface area contributed by atoms with Crippen molar-refractivity contribution in [3.8, 4) is 5.75 Å². The standard InChI is InChI=1S/C20H23N3O5S/c1-3-28-19(26)14-5-4-10-23(11-14)18(25)16-12-29-20(21-16)22-17(24)13-6-8-15(27-2)9-7-13/h6-9,12,14H,3-5,10-11H2,1-2H3,(H,21,22,24). The van der Waals surface area contributed by atoms with Crippen molar-refractivity contribution >= 4 is 34.3 Å². The second-order valence-corrected chi connectivity index (χ2v) is 7.42. The van der Waals surface area contributed by atoms with E-state index in [1.807, 2.05) is 0 Å². The Bertz CT molecular complexity index is 880. The Balaban J connectivity index is 1.61. The highest BCUT2D eigenvalue weighted by Gasteiger charge is 2.30. The zero-order valence-electron chi connectivity index (χ0n) is 16.3. The van der Waals surface area contributed by atoms with Crippen molar-refractivity contribution in [1.82, 2.24) is 9.88 Å². The second kappa shape index (κ2) is 9.51. The minimum atomic E-state index is -0.318. The molecule has 9 heteroatoms. The topological polar surface area (TPSA) is 97.8 Å². The average Bonchev–Trinajstić information content (AvgIpc) is 3.22. The number of ether oxygens (including phenoxy) is 2. The van der Waals surface area contributed by atoms with Gasteiger partial charge < -0.3 is 14.4 Å². The Morgan fingerprint density at radius 3 is 2.72 bits per heavy atom. The predicted molar refractivity (Wildman–Crippen MR) is 108 cm³/mol. The fraction of sp³-hybridized carbons (Fsp3) is 0.400. The average molecular weight is 417 g/mol. The number of amides is 2. The number of rotatable bonds is 6. The summed E-state index contributed by atoms with van der Waals surface area (Å²) >= 11 is 1.18. The van der Waals surface area contributed by atoms with Gasteiger partial charge in [-0.2, -0.15) is 0 Å². The van der Waals surface area contributed by atoms with Gasteiger partial charge in [0.1, 0.15) is 11.4 Å². The minimum absolute atomic E-state index is 0.250. The third-order valence-corrected chi connectivity index (χ3v) is 5.38. The van der Waals surface area contributed by atoms with Crippen molar-refractivity contribution in [1.29, 1.82) is 0 Å². The molecule has 1 N–H and O–H groups in total. The molecule has 2 heterocycles. The first kappa shape index (κ1) is 20.8. The molecular formula is C20H23N3O5S. The highest BCUT2D eigenvalue weighted by atomic mass is 32.1. The molecule has 0 bridgehead atoms. The summed E-state index contributed by atoms with van der Waals surface area (Å²) in [5.41, 5.74) is 0.715. The van der Waals surface area contributed by atoms with Gasteiger partial charge in [0.05, 0.1) is 19.6 Å². The van der Waals surface area contributed by atoms with Crippen LogP contribution in [-0.2, 0) is 9.53 Å². The van der Waals surface area contributed by atoms with Crippen molar-refractivity contribution in [3.05, 3.63) is 40.9 Å². The number of hydrogen-bond acceptors (Lipinski definition) is 7. The summed E-state index contributed by atoms with van der Waals surface area (Å²) in [6.07, 6.45) is 1.45. The van der Waals surface area contributed by atoms with E-state index in [2.05, 4.69) is 10.3 Å². The van der Waals surface area contributed by atoms with Crippen molar-refractivity contribution in [2.75, 3.05) is 32.1 Å². The molecule has 1 aromatic heterocycles. The summed E-state index contributed by atoms with van der Waals surface area (Å²) in [7, 11) is 1.56. The van der Waals surface area contributed by atoms with E-state index in [1.165, 1.54) is 11.3 Å². The second-order valence-electron chi connectivity index (χ2n) is 6.56. The summed E-state index contributed by atoms with van der Waals surface area (Å²) in [6.45, 7) is 2.98. The van der Waals surface area contributed by atoms with Gasteiger partial charge >= 0.3 is 5.97 Å². The lowest BCUT2D eigenvalue weighted by molar-refractivity contribution is -0.149. The highest BCUT2D eigenvalue weighted by molar-refractivity contribution is 7.14. The first-order valence-electron chi connectivity index (χ1n) is 9.38. The van der Waals surface area contributed by atoms with Crippen LogP contribution in [0.3, 0.4) is 0 Å². The van der Waals surface area contributed by atoms with Crippen LogP contribution in [0, 0.1) is 5.92 Å². The maximum atomic E-state index is 12.8. The molecule has 0 radical (unpaired) electrons. The normalized spacial score (nSPS) is 16.2. The van der Waals surface area contributed by atoms with E-state index >= 15 is 0 Å². The summed E-state index contributed by atoms with van der Waals surface area (Å²) in [4.78, 5) is 42.9. The molecule has 1 saturated heterocycles. The number of piperidine rings is 1. The largest absolute Gasteiger partial charge is 0.497 e. The molecule has 1 aliphatic heterocycles. The molecule has 1 atom stereocenters. The predicted octanol–water partition coefficient (Wildman–Crippen LogP) is 2.82. The lowest BCUT2D eigenvalue weighted by Gasteiger charge is -2.31. The van der Waals surface area contributed by atoms with Crippen LogP contribution in [-0.4, -0.2) is 54.5 Å². The molecule has 154 valence electrons. The summed E-state index contributed by atoms with van der Waals surface area (Å²) in [5.74, 6) is -0.482. The number of likely N-dealkylation sites (tertiary alicyclic amines) is 1. The molecule has 0 spiro atoms. The lowest BCUT2D eigenvalue weighted by Crippen LogP contribution is -2.43. The van der Waals surface area contributed by atoms with Crippen LogP contribution >= 0.6 is 11.3 Å². The first-order chi connectivity index (χ1) is 14.0. The van der Waals surface area contributed by atoms with Gasteiger partial charge in [-0.05, 0) is 44.0 Å². The number of carbonyl (C=O) groups excluding carboxylic acids is 3. The fourth-order valence-electron chi connectivity index (χ4n) is 3.12. The maximum Gasteiger partial charge on any atom is 0.310 e. The Hall–Kier alpha value is -2.94. The number of esters is 1. The van der Waals surface area contributed by atoms with Crippen molar-refractivity contribution in [2.24, 2.45) is 5.92 Å². The molecular weight excluding hydrogens is 394 g/mol. The van der Waals surface area contributed by atoms with E-state index in [1.54, 1.807) is 48.6 Å². The number of thiazole rings is 1. The molecule has 2 amide bonds. The highest BCUT2D eigenvalue weighted by Crippen LogP contribution is 2.23. The fourth-order valence-corrected chi connectivity index (χ4v) is 3.80. The Morgan fingerprint density at radius 2 is 2.03 bits per heavy atom. The molecule has 1 aromatic carbocycles. The van der Waals surface area contributed by atoms with Gasteiger partial charge in [-0.15, -0.1) is 11.3 Å². The molecule has 0 saturated carbocycles. The third-order valence-electron chi connectivity index (χ3n) is 4.62. The molecule has 29 heavy (non-hydrogen) atoms. The number of hydrogen-bond donors (Lipinski definition) is 1. The molecule has 1 unspecified atom stereocenters. The summed E-state index contributed by atoms with van der Waals surface area (Å²) in [6, 6.07) is 6.69. The zero-order chi connectivity index (χ0) is 20.8. The van der Waals surface area contributed by atoms with Crippen LogP contribution in [0.4, 0.5) is 5.13 Å². The molecule has 8 nitrogen and oxygen atoms in total. The molecule has 3 rings (SSSR count). The third kappa shape index (κ3) is 5.11. The number of carbonyl (C=O) groups is 3. The van der Waals surface area contributed by atoms with E-state index in [0.717, 1.165) is 6.42 Å². The van der Waals surface area contributed by atoms with Crippen molar-refractivity contribution in [2.45, 2.75) is 19.8 Å². The van der Waals surface area contributed by atoms with Gasteiger partial charge in [-0.3, -0.25) is 19.7 Å². The van der Waals surface area contributed by atoms with Gasteiger partial charge in [-0.1, -0.05) is 0 Å². The van der Waals surface area contributed by atoms with Crippen LogP contribution in [0.15, 0.2) is 29.6 Å². The number of nitrogens with zero attached hydrogens (tertiary/aromatic N) is 2. The van der Waals surface area contributed by atoms with Gasteiger partial charge in [-0.25, -0.2) is 4.98 Å². The Labute approximate surface area is 172 Å². The van der Waals surface area contributed by atoms with Crippen LogP contribution in [0.25, 0.3) is 0 Å². The molecule has 1 fully saturated rings. The van der Waals surface area contributed by atoms with Gasteiger partial charge in [0.25, 0.3) is 11.8 Å². The Morgan fingerprint density at radius 1 is 1.28 bits per heavy atom. The number of anilines is 1. The number of benzene rings is 1.